The summed E-state index contributed by atoms with van der Waals surface area (Å²) in [4.78, 5) is 9.45. The van der Waals surface area contributed by atoms with Crippen molar-refractivity contribution in [1.29, 1.82) is 0 Å². The molecule has 3 nitrogen and oxygen atoms in total. The molecule has 1 unspecified atom stereocenters. The first-order chi connectivity index (χ1) is 4.91. The van der Waals surface area contributed by atoms with E-state index >= 15 is 0 Å². The maximum atomic E-state index is 9.45. The third-order valence-electron chi connectivity index (χ3n) is 0.706. The molecule has 0 fully saturated rings. The number of allylic oxidation sites excluding steroid dienone is 2. The van der Waals surface area contributed by atoms with Crippen LogP contribution < -0.4 is 0 Å². The standard InChI is InChI=1S/C5H8.C3H6O3/c1-4-5(2)3;1-2(4)3(5)6/h4H,1-2H2,3H3;2,4H,1H3,(H,5,6). The molecule has 1 atom stereocenters. The van der Waals surface area contributed by atoms with Crippen LogP contribution in [0.15, 0.2) is 24.8 Å². The Hall–Kier alpha value is -1.09. The Bertz CT molecular complexity index is 147. The van der Waals surface area contributed by atoms with E-state index in [9.17, 15) is 4.79 Å². The van der Waals surface area contributed by atoms with Gasteiger partial charge in [0.1, 0.15) is 6.10 Å². The van der Waals surface area contributed by atoms with E-state index in [0.29, 0.717) is 0 Å². The third kappa shape index (κ3) is 17.6. The zero-order valence-corrected chi connectivity index (χ0v) is 6.87. The zero-order valence-electron chi connectivity index (χ0n) is 6.87. The molecule has 0 aliphatic heterocycles. The lowest BCUT2D eigenvalue weighted by atomic mass is 10.4. The average molecular weight is 158 g/mol. The highest BCUT2D eigenvalue weighted by Gasteiger charge is 2.01. The van der Waals surface area contributed by atoms with E-state index in [1.54, 1.807) is 6.08 Å². The van der Waals surface area contributed by atoms with Crippen molar-refractivity contribution in [3.8, 4) is 0 Å². The highest BCUT2D eigenvalue weighted by atomic mass is 16.4. The van der Waals surface area contributed by atoms with Crippen LogP contribution in [0.5, 0.6) is 0 Å². The Labute approximate surface area is 66.7 Å². The lowest BCUT2D eigenvalue weighted by Gasteiger charge is -1.89. The van der Waals surface area contributed by atoms with Crippen LogP contribution in [0, 0.1) is 0 Å². The van der Waals surface area contributed by atoms with Crippen molar-refractivity contribution < 1.29 is 15.0 Å². The van der Waals surface area contributed by atoms with Gasteiger partial charge in [0.25, 0.3) is 0 Å². The second-order valence-electron chi connectivity index (χ2n) is 2.06. The molecule has 0 heterocycles. The molecule has 0 aromatic rings. The zero-order chi connectivity index (χ0) is 9.44. The molecule has 0 saturated carbocycles. The summed E-state index contributed by atoms with van der Waals surface area (Å²) in [6, 6.07) is 0. The summed E-state index contributed by atoms with van der Waals surface area (Å²) in [5.41, 5.74) is 1.02. The summed E-state index contributed by atoms with van der Waals surface area (Å²) in [6.45, 7) is 10.1. The predicted octanol–water partition coefficient (Wildman–Crippen LogP) is 1.20. The SMILES string of the molecule is C=CC(=C)C.CC(O)C(=O)O. The van der Waals surface area contributed by atoms with E-state index in [4.69, 9.17) is 10.2 Å². The first-order valence-electron chi connectivity index (χ1n) is 3.10. The molecule has 0 aliphatic carbocycles. The molecule has 0 saturated heterocycles. The van der Waals surface area contributed by atoms with E-state index in [1.165, 1.54) is 6.92 Å². The minimum atomic E-state index is -1.23. The molecule has 0 rings (SSSR count). The topological polar surface area (TPSA) is 57.5 Å². The monoisotopic (exact) mass is 158 g/mol. The number of hydrogen-bond donors (Lipinski definition) is 2. The van der Waals surface area contributed by atoms with Gasteiger partial charge in [0, 0.05) is 0 Å². The molecule has 0 aliphatic rings. The van der Waals surface area contributed by atoms with Gasteiger partial charge in [-0.3, -0.25) is 0 Å². The summed E-state index contributed by atoms with van der Waals surface area (Å²) in [5, 5.41) is 15.8. The number of aliphatic hydroxyl groups excluding tert-OH is 1. The second-order valence-corrected chi connectivity index (χ2v) is 2.06. The lowest BCUT2D eigenvalue weighted by Crippen LogP contribution is -2.13. The molecule has 2 N–H and O–H groups in total. The maximum absolute atomic E-state index is 9.45. The number of carbonyl (C=O) groups is 1. The molecule has 0 amide bonds. The molecule has 0 radical (unpaired) electrons. The van der Waals surface area contributed by atoms with Crippen LogP contribution in [0.4, 0.5) is 0 Å². The molecule has 0 spiro atoms. The summed E-state index contributed by atoms with van der Waals surface area (Å²) in [5.74, 6) is -1.19. The fraction of sp³-hybridized carbons (Fsp3) is 0.375. The number of aliphatic carboxylic acids is 1. The molecular weight excluding hydrogens is 144 g/mol. The Balaban J connectivity index is 0. The fourth-order valence-electron chi connectivity index (χ4n) is 0. The van der Waals surface area contributed by atoms with Gasteiger partial charge in [-0.2, -0.15) is 0 Å². The number of carboxylic acids is 1. The molecule has 0 bridgehead atoms. The number of hydrogen-bond acceptors (Lipinski definition) is 2. The number of carboxylic acid groups (broad SMARTS) is 1. The Morgan fingerprint density at radius 2 is 1.82 bits per heavy atom. The molecule has 0 aromatic carbocycles. The van der Waals surface area contributed by atoms with Crippen LogP contribution in [0.3, 0.4) is 0 Å². The lowest BCUT2D eigenvalue weighted by molar-refractivity contribution is -0.145. The number of aliphatic hydroxyl groups is 1. The van der Waals surface area contributed by atoms with Gasteiger partial charge in [-0.05, 0) is 13.8 Å². The van der Waals surface area contributed by atoms with Gasteiger partial charge in [-0.25, -0.2) is 4.79 Å². The third-order valence-corrected chi connectivity index (χ3v) is 0.706. The van der Waals surface area contributed by atoms with Gasteiger partial charge in [0.15, 0.2) is 0 Å². The smallest absolute Gasteiger partial charge is 0.332 e. The van der Waals surface area contributed by atoms with Gasteiger partial charge in [0.2, 0.25) is 0 Å². The van der Waals surface area contributed by atoms with Crippen LogP contribution in [0.1, 0.15) is 13.8 Å². The van der Waals surface area contributed by atoms with Crippen molar-refractivity contribution in [2.75, 3.05) is 0 Å². The van der Waals surface area contributed by atoms with E-state index in [0.717, 1.165) is 5.57 Å². The van der Waals surface area contributed by atoms with Crippen molar-refractivity contribution in [3.05, 3.63) is 24.8 Å². The van der Waals surface area contributed by atoms with Crippen LogP contribution >= 0.6 is 0 Å². The molecular formula is C8H14O3. The van der Waals surface area contributed by atoms with Crippen molar-refractivity contribution in [2.45, 2.75) is 20.0 Å². The minimum Gasteiger partial charge on any atom is -0.479 e. The summed E-state index contributed by atoms with van der Waals surface area (Å²) in [6.07, 6.45) is 0.491. The Kier molecular flexibility index (Phi) is 8.03. The summed E-state index contributed by atoms with van der Waals surface area (Å²) in [7, 11) is 0. The highest BCUT2D eigenvalue weighted by Crippen LogP contribution is 1.81. The minimum absolute atomic E-state index is 1.02. The van der Waals surface area contributed by atoms with Crippen LogP contribution in [0.2, 0.25) is 0 Å². The van der Waals surface area contributed by atoms with Crippen LogP contribution in [0.25, 0.3) is 0 Å². The normalized spacial score (nSPS) is 10.5. The van der Waals surface area contributed by atoms with Crippen molar-refractivity contribution in [2.24, 2.45) is 0 Å². The first kappa shape index (κ1) is 12.6. The molecule has 3 heteroatoms. The van der Waals surface area contributed by atoms with Gasteiger partial charge in [-0.1, -0.05) is 24.8 Å². The Morgan fingerprint density at radius 1 is 1.64 bits per heavy atom. The highest BCUT2D eigenvalue weighted by molar-refractivity contribution is 5.71. The summed E-state index contributed by atoms with van der Waals surface area (Å²) >= 11 is 0. The van der Waals surface area contributed by atoms with Crippen molar-refractivity contribution in [1.82, 2.24) is 0 Å². The van der Waals surface area contributed by atoms with Gasteiger partial charge in [0.05, 0.1) is 0 Å². The van der Waals surface area contributed by atoms with E-state index in [-0.39, 0.29) is 0 Å². The van der Waals surface area contributed by atoms with Crippen LogP contribution in [-0.2, 0) is 4.79 Å². The number of rotatable bonds is 2. The first-order valence-corrected chi connectivity index (χ1v) is 3.10. The maximum Gasteiger partial charge on any atom is 0.332 e. The van der Waals surface area contributed by atoms with E-state index in [1.807, 2.05) is 6.92 Å². The Morgan fingerprint density at radius 3 is 1.82 bits per heavy atom. The quantitative estimate of drug-likeness (QED) is 0.594. The summed E-state index contributed by atoms with van der Waals surface area (Å²) < 4.78 is 0. The van der Waals surface area contributed by atoms with Crippen molar-refractivity contribution >= 4 is 5.97 Å². The van der Waals surface area contributed by atoms with Gasteiger partial charge in [-0.15, -0.1) is 0 Å². The van der Waals surface area contributed by atoms with E-state index < -0.39 is 12.1 Å². The molecule has 64 valence electrons. The predicted molar refractivity (Wildman–Crippen MR) is 44.3 cm³/mol. The fourth-order valence-corrected chi connectivity index (χ4v) is 0. The average Bonchev–Trinajstić information content (AvgIpc) is 1.89. The largest absolute Gasteiger partial charge is 0.479 e. The van der Waals surface area contributed by atoms with E-state index in [2.05, 4.69) is 13.2 Å². The molecule has 0 aromatic heterocycles. The van der Waals surface area contributed by atoms with Crippen molar-refractivity contribution in [3.63, 3.8) is 0 Å². The van der Waals surface area contributed by atoms with Crippen LogP contribution in [-0.4, -0.2) is 22.3 Å². The van der Waals surface area contributed by atoms with Gasteiger partial charge >= 0.3 is 5.97 Å². The van der Waals surface area contributed by atoms with Gasteiger partial charge < -0.3 is 10.2 Å². The molecule has 11 heavy (non-hydrogen) atoms. The second kappa shape index (κ2) is 7.02.